The van der Waals surface area contributed by atoms with E-state index in [2.05, 4.69) is 0 Å². The van der Waals surface area contributed by atoms with E-state index in [4.69, 9.17) is 11.6 Å². The van der Waals surface area contributed by atoms with E-state index in [1.165, 1.54) is 0 Å². The Bertz CT molecular complexity index is 881. The fourth-order valence-electron chi connectivity index (χ4n) is 2.55. The maximum Gasteiger partial charge on any atom is 0.412 e. The van der Waals surface area contributed by atoms with Gasteiger partial charge in [0.15, 0.2) is 0 Å². The number of alkyl halides is 3. The number of thioether (sulfide) groups is 1. The second-order valence-corrected chi connectivity index (χ2v) is 8.32. The summed E-state index contributed by atoms with van der Waals surface area (Å²) in [5, 5.41) is -0.458. The average Bonchev–Trinajstić information content (AvgIpc) is 3.45. The summed E-state index contributed by atoms with van der Waals surface area (Å²) in [7, 11) is 0. The van der Waals surface area contributed by atoms with E-state index in [1.807, 2.05) is 0 Å². The van der Waals surface area contributed by atoms with Crippen LogP contribution >= 0.6 is 23.4 Å². The van der Waals surface area contributed by atoms with Gasteiger partial charge in [-0.25, -0.2) is 9.29 Å². The molecule has 1 aliphatic carbocycles. The lowest BCUT2D eigenvalue weighted by Crippen LogP contribution is -2.37. The molecule has 1 unspecified atom stereocenters. The van der Waals surface area contributed by atoms with E-state index in [0.29, 0.717) is 11.8 Å². The van der Waals surface area contributed by atoms with Crippen LogP contribution in [0.2, 0.25) is 5.02 Å². The molecule has 4 nitrogen and oxygen atoms in total. The standard InChI is InChI=1S/C19H18ClF4NO3S/c1-9(10(2)19(22,23)24)18(28)25(11(3)27)15-7-16(13(20)6-14(15)21)29-17(8-26)12-4-5-12/h6-8,12,17H,4-5H2,1-3H3/b10-9+. The number of carbonyl (C=O) groups is 3. The van der Waals surface area contributed by atoms with Crippen LogP contribution in [0, 0.1) is 11.7 Å². The van der Waals surface area contributed by atoms with Gasteiger partial charge in [-0.1, -0.05) is 11.6 Å². The first-order valence-electron chi connectivity index (χ1n) is 8.59. The average molecular weight is 452 g/mol. The van der Waals surface area contributed by atoms with Crippen molar-refractivity contribution < 1.29 is 31.9 Å². The Kier molecular flexibility index (Phi) is 7.16. The zero-order chi connectivity index (χ0) is 22.1. The lowest BCUT2D eigenvalue weighted by Gasteiger charge is -2.23. The first-order chi connectivity index (χ1) is 13.4. The number of carbonyl (C=O) groups excluding carboxylic acids is 3. The molecule has 0 N–H and O–H groups in total. The molecule has 0 aliphatic heterocycles. The molecule has 1 fully saturated rings. The summed E-state index contributed by atoms with van der Waals surface area (Å²) in [4.78, 5) is 36.5. The Hall–Kier alpha value is -1.87. The van der Waals surface area contributed by atoms with Crippen LogP contribution in [-0.4, -0.2) is 29.5 Å². The van der Waals surface area contributed by atoms with Crippen molar-refractivity contribution in [2.24, 2.45) is 5.92 Å². The van der Waals surface area contributed by atoms with Gasteiger partial charge in [-0.2, -0.15) is 13.2 Å². The number of nitrogens with zero attached hydrogens (tertiary/aromatic N) is 1. The lowest BCUT2D eigenvalue weighted by atomic mass is 10.1. The highest BCUT2D eigenvalue weighted by Crippen LogP contribution is 2.44. The topological polar surface area (TPSA) is 54.5 Å². The Morgan fingerprint density at radius 2 is 1.83 bits per heavy atom. The highest BCUT2D eigenvalue weighted by molar-refractivity contribution is 8.00. The fourth-order valence-corrected chi connectivity index (χ4v) is 4.00. The minimum atomic E-state index is -4.77. The van der Waals surface area contributed by atoms with Crippen LogP contribution in [0.1, 0.15) is 33.6 Å². The molecule has 1 aliphatic rings. The molecule has 0 spiro atoms. The largest absolute Gasteiger partial charge is 0.412 e. The zero-order valence-corrected chi connectivity index (χ0v) is 17.3. The predicted molar refractivity (Wildman–Crippen MR) is 102 cm³/mol. The molecule has 0 radical (unpaired) electrons. The Balaban J connectivity index is 2.50. The summed E-state index contributed by atoms with van der Waals surface area (Å²) in [5.41, 5.74) is -2.45. The number of anilines is 1. The van der Waals surface area contributed by atoms with Gasteiger partial charge in [0.2, 0.25) is 5.91 Å². The molecular weight excluding hydrogens is 434 g/mol. The van der Waals surface area contributed by atoms with Crippen LogP contribution in [0.4, 0.5) is 23.2 Å². The third-order valence-corrected chi connectivity index (χ3v) is 6.34. The van der Waals surface area contributed by atoms with Gasteiger partial charge >= 0.3 is 6.18 Å². The van der Waals surface area contributed by atoms with Crippen molar-refractivity contribution in [2.45, 2.75) is 49.9 Å². The SMILES string of the molecule is CC(=O)N(C(=O)/C(C)=C(\C)C(F)(F)F)c1cc(SC(C=O)C2CC2)c(Cl)cc1F. The number of hydrogen-bond donors (Lipinski definition) is 0. The van der Waals surface area contributed by atoms with E-state index in [9.17, 15) is 31.9 Å². The fraction of sp³-hybridized carbons (Fsp3) is 0.421. The summed E-state index contributed by atoms with van der Waals surface area (Å²) in [6.45, 7) is 2.56. The minimum Gasteiger partial charge on any atom is -0.302 e. The first kappa shape index (κ1) is 23.4. The van der Waals surface area contributed by atoms with Crippen LogP contribution < -0.4 is 4.90 Å². The summed E-state index contributed by atoms with van der Waals surface area (Å²) >= 11 is 7.10. The number of allylic oxidation sites excluding steroid dienone is 1. The normalized spacial score (nSPS) is 16.1. The Morgan fingerprint density at radius 1 is 1.24 bits per heavy atom. The van der Waals surface area contributed by atoms with Gasteiger partial charge in [0, 0.05) is 23.0 Å². The van der Waals surface area contributed by atoms with Crippen LogP contribution in [0.3, 0.4) is 0 Å². The van der Waals surface area contributed by atoms with Gasteiger partial charge in [-0.3, -0.25) is 9.59 Å². The second-order valence-electron chi connectivity index (χ2n) is 6.70. The molecule has 1 aromatic rings. The van der Waals surface area contributed by atoms with E-state index < -0.39 is 45.9 Å². The van der Waals surface area contributed by atoms with Gasteiger partial charge < -0.3 is 4.79 Å². The third kappa shape index (κ3) is 5.39. The zero-order valence-electron chi connectivity index (χ0n) is 15.8. The number of aldehydes is 1. The third-order valence-electron chi connectivity index (χ3n) is 4.55. The maximum atomic E-state index is 14.5. The smallest absolute Gasteiger partial charge is 0.302 e. The van der Waals surface area contributed by atoms with Crippen molar-refractivity contribution in [3.8, 4) is 0 Å². The number of imide groups is 1. The molecule has 158 valence electrons. The summed E-state index contributed by atoms with van der Waals surface area (Å²) in [5.74, 6) is -3.14. The van der Waals surface area contributed by atoms with E-state index in [0.717, 1.165) is 56.9 Å². The highest BCUT2D eigenvalue weighted by Gasteiger charge is 2.36. The van der Waals surface area contributed by atoms with E-state index >= 15 is 0 Å². The molecular formula is C19H18ClF4NO3S. The van der Waals surface area contributed by atoms with Crippen LogP contribution in [0.25, 0.3) is 0 Å². The van der Waals surface area contributed by atoms with Gasteiger partial charge in [0.05, 0.1) is 16.0 Å². The molecule has 2 rings (SSSR count). The Morgan fingerprint density at radius 3 is 2.28 bits per heavy atom. The second kappa shape index (κ2) is 8.87. The molecule has 0 saturated heterocycles. The van der Waals surface area contributed by atoms with Crippen molar-refractivity contribution in [1.29, 1.82) is 0 Å². The van der Waals surface area contributed by atoms with Gasteiger partial charge in [0.25, 0.3) is 5.91 Å². The molecule has 0 heterocycles. The van der Waals surface area contributed by atoms with Crippen LogP contribution in [-0.2, 0) is 14.4 Å². The van der Waals surface area contributed by atoms with Gasteiger partial charge in [0.1, 0.15) is 12.1 Å². The van der Waals surface area contributed by atoms with Gasteiger partial charge in [-0.15, -0.1) is 11.8 Å². The van der Waals surface area contributed by atoms with Crippen LogP contribution in [0.15, 0.2) is 28.2 Å². The van der Waals surface area contributed by atoms with E-state index in [-0.39, 0.29) is 15.8 Å². The van der Waals surface area contributed by atoms with Crippen molar-refractivity contribution in [2.75, 3.05) is 4.90 Å². The lowest BCUT2D eigenvalue weighted by molar-refractivity contribution is -0.124. The Labute approximate surface area is 174 Å². The molecule has 2 amide bonds. The highest BCUT2D eigenvalue weighted by atomic mass is 35.5. The van der Waals surface area contributed by atoms with Crippen molar-refractivity contribution in [3.63, 3.8) is 0 Å². The number of amides is 2. The van der Waals surface area contributed by atoms with Crippen molar-refractivity contribution in [1.82, 2.24) is 0 Å². The predicted octanol–water partition coefficient (Wildman–Crippen LogP) is 5.33. The maximum absolute atomic E-state index is 14.5. The molecule has 0 aromatic heterocycles. The van der Waals surface area contributed by atoms with Crippen molar-refractivity contribution in [3.05, 3.63) is 34.1 Å². The monoisotopic (exact) mass is 451 g/mol. The number of benzene rings is 1. The summed E-state index contributed by atoms with van der Waals surface area (Å²) in [6, 6.07) is 1.98. The van der Waals surface area contributed by atoms with Crippen LogP contribution in [0.5, 0.6) is 0 Å². The summed E-state index contributed by atoms with van der Waals surface area (Å²) in [6.07, 6.45) is -2.31. The minimum absolute atomic E-state index is 0.0292. The molecule has 10 heteroatoms. The van der Waals surface area contributed by atoms with E-state index in [1.54, 1.807) is 0 Å². The number of rotatable bonds is 6. The first-order valence-corrected chi connectivity index (χ1v) is 9.84. The number of halogens is 5. The summed E-state index contributed by atoms with van der Waals surface area (Å²) < 4.78 is 53.4. The van der Waals surface area contributed by atoms with Crippen molar-refractivity contribution >= 4 is 47.2 Å². The molecule has 0 bridgehead atoms. The quantitative estimate of drug-likeness (QED) is 0.254. The molecule has 1 saturated carbocycles. The molecule has 29 heavy (non-hydrogen) atoms. The number of hydrogen-bond acceptors (Lipinski definition) is 4. The molecule has 1 aromatic carbocycles. The van der Waals surface area contributed by atoms with Gasteiger partial charge in [-0.05, 0) is 44.7 Å². The molecule has 1 atom stereocenters.